The summed E-state index contributed by atoms with van der Waals surface area (Å²) in [6.45, 7) is 3.53. The van der Waals surface area contributed by atoms with Gasteiger partial charge in [0, 0.05) is 32.8 Å². The molecule has 0 spiro atoms. The number of aromatic nitrogens is 1. The van der Waals surface area contributed by atoms with Crippen LogP contribution in [0.4, 0.5) is 10.5 Å². The minimum Gasteiger partial charge on any atom is -0.324 e. The monoisotopic (exact) mass is 499 g/mol. The van der Waals surface area contributed by atoms with Crippen molar-refractivity contribution in [3.8, 4) is 5.69 Å². The number of halogens is 2. The Balaban J connectivity index is 1.53. The lowest BCUT2D eigenvalue weighted by Crippen LogP contribution is -2.36. The highest BCUT2D eigenvalue weighted by molar-refractivity contribution is 8.18. The number of hydrogen-bond donors (Lipinski definition) is 1. The summed E-state index contributed by atoms with van der Waals surface area (Å²) in [5.41, 5.74) is 4.14. The van der Waals surface area contributed by atoms with Gasteiger partial charge in [-0.25, -0.2) is 0 Å². The average molecular weight is 500 g/mol. The number of amides is 3. The Hall–Kier alpha value is -3.00. The summed E-state index contributed by atoms with van der Waals surface area (Å²) in [5.74, 6) is -0.982. The fourth-order valence-corrected chi connectivity index (χ4v) is 4.75. The van der Waals surface area contributed by atoms with Crippen LogP contribution in [0.25, 0.3) is 11.8 Å². The average Bonchev–Trinajstić information content (AvgIpc) is 3.18. The number of nitrogens with zero attached hydrogens (tertiary/aromatic N) is 2. The van der Waals surface area contributed by atoms with Gasteiger partial charge < -0.3 is 9.88 Å². The van der Waals surface area contributed by atoms with E-state index in [1.165, 1.54) is 0 Å². The maximum atomic E-state index is 12.9. The van der Waals surface area contributed by atoms with Gasteiger partial charge in [-0.3, -0.25) is 19.3 Å². The molecule has 1 aliphatic heterocycles. The number of anilines is 1. The number of benzene rings is 2. The van der Waals surface area contributed by atoms with Crippen LogP contribution in [-0.4, -0.2) is 33.1 Å². The maximum Gasteiger partial charge on any atom is 0.294 e. The highest BCUT2D eigenvalue weighted by Gasteiger charge is 2.36. The number of hydrogen-bond acceptors (Lipinski definition) is 4. The summed E-state index contributed by atoms with van der Waals surface area (Å²) < 4.78 is 2.05. The number of thioether (sulfide) groups is 1. The molecule has 0 saturated carbocycles. The van der Waals surface area contributed by atoms with Crippen LogP contribution < -0.4 is 5.32 Å². The zero-order valence-electron chi connectivity index (χ0n) is 17.8. The van der Waals surface area contributed by atoms with Crippen molar-refractivity contribution in [3.05, 3.63) is 86.5 Å². The van der Waals surface area contributed by atoms with Crippen molar-refractivity contribution in [3.63, 3.8) is 0 Å². The van der Waals surface area contributed by atoms with Crippen LogP contribution in [0.2, 0.25) is 10.0 Å². The first kappa shape index (κ1) is 23.2. The molecular weight excluding hydrogens is 481 g/mol. The van der Waals surface area contributed by atoms with Crippen molar-refractivity contribution in [1.82, 2.24) is 9.47 Å². The number of carbonyl (C=O) groups is 3. The minimum absolute atomic E-state index is 0.270. The van der Waals surface area contributed by atoms with E-state index in [0.717, 1.165) is 39.3 Å². The zero-order valence-corrected chi connectivity index (χ0v) is 20.1. The van der Waals surface area contributed by atoms with E-state index in [-0.39, 0.29) is 11.4 Å². The van der Waals surface area contributed by atoms with Gasteiger partial charge in [0.2, 0.25) is 5.91 Å². The number of imide groups is 1. The first-order valence-electron chi connectivity index (χ1n) is 9.98. The first-order chi connectivity index (χ1) is 15.7. The molecule has 0 bridgehead atoms. The van der Waals surface area contributed by atoms with Crippen LogP contribution in [0.15, 0.2) is 59.5 Å². The molecule has 168 valence electrons. The molecule has 2 heterocycles. The fourth-order valence-electron chi connectivity index (χ4n) is 3.61. The van der Waals surface area contributed by atoms with Gasteiger partial charge >= 0.3 is 0 Å². The third kappa shape index (κ3) is 5.00. The van der Waals surface area contributed by atoms with E-state index >= 15 is 0 Å². The lowest BCUT2D eigenvalue weighted by molar-refractivity contribution is -0.127. The van der Waals surface area contributed by atoms with Gasteiger partial charge in [-0.15, -0.1) is 0 Å². The summed E-state index contributed by atoms with van der Waals surface area (Å²) in [5, 5.41) is 3.28. The third-order valence-electron chi connectivity index (χ3n) is 5.13. The predicted molar refractivity (Wildman–Crippen MR) is 133 cm³/mol. The molecule has 1 N–H and O–H groups in total. The Morgan fingerprint density at radius 1 is 1.03 bits per heavy atom. The maximum absolute atomic E-state index is 12.9. The van der Waals surface area contributed by atoms with Crippen LogP contribution in [0.3, 0.4) is 0 Å². The summed E-state index contributed by atoms with van der Waals surface area (Å²) in [7, 11) is 0. The SMILES string of the molecule is Cc1cc(/C=C2/SC(=O)N(CC(=O)Nc3cccc(Cl)c3)C2=O)c(C)n1-c1ccc(Cl)cc1. The fraction of sp³-hybridized carbons (Fsp3) is 0.125. The van der Waals surface area contributed by atoms with Gasteiger partial charge in [-0.1, -0.05) is 29.3 Å². The molecule has 0 aliphatic carbocycles. The summed E-state index contributed by atoms with van der Waals surface area (Å²) in [4.78, 5) is 38.9. The quantitative estimate of drug-likeness (QED) is 0.432. The van der Waals surface area contributed by atoms with Crippen molar-refractivity contribution in [1.29, 1.82) is 0 Å². The molecule has 0 radical (unpaired) electrons. The molecule has 0 atom stereocenters. The van der Waals surface area contributed by atoms with Gasteiger partial charge in [0.05, 0.1) is 4.91 Å². The van der Waals surface area contributed by atoms with E-state index < -0.39 is 17.1 Å². The lowest BCUT2D eigenvalue weighted by Gasteiger charge is -2.12. The molecule has 4 rings (SSSR count). The molecule has 3 amide bonds. The van der Waals surface area contributed by atoms with Gasteiger partial charge in [0.25, 0.3) is 11.1 Å². The van der Waals surface area contributed by atoms with Gasteiger partial charge in [-0.05, 0) is 85.8 Å². The number of aryl methyl sites for hydroxylation is 1. The van der Waals surface area contributed by atoms with E-state index in [1.54, 1.807) is 30.3 Å². The van der Waals surface area contributed by atoms with Crippen LogP contribution in [0.1, 0.15) is 17.0 Å². The van der Waals surface area contributed by atoms with Crippen LogP contribution in [0.5, 0.6) is 0 Å². The van der Waals surface area contributed by atoms with E-state index in [0.29, 0.717) is 15.7 Å². The number of rotatable bonds is 5. The first-order valence-corrected chi connectivity index (χ1v) is 11.6. The van der Waals surface area contributed by atoms with Crippen molar-refractivity contribution in [2.75, 3.05) is 11.9 Å². The standard InChI is InChI=1S/C24H19Cl2N3O3S/c1-14-10-16(15(2)29(14)20-8-6-17(25)7-9-20)11-21-23(31)28(24(32)33-21)13-22(30)27-19-5-3-4-18(26)12-19/h3-12H,13H2,1-2H3,(H,27,30)/b21-11+. The van der Waals surface area contributed by atoms with Gasteiger partial charge in [0.1, 0.15) is 6.54 Å². The largest absolute Gasteiger partial charge is 0.324 e. The van der Waals surface area contributed by atoms with Crippen molar-refractivity contribution in [2.24, 2.45) is 0 Å². The summed E-state index contributed by atoms with van der Waals surface area (Å²) in [6.07, 6.45) is 1.69. The van der Waals surface area contributed by atoms with Crippen LogP contribution in [-0.2, 0) is 9.59 Å². The van der Waals surface area contributed by atoms with Crippen LogP contribution in [0, 0.1) is 13.8 Å². The minimum atomic E-state index is -0.498. The lowest BCUT2D eigenvalue weighted by atomic mass is 10.2. The second kappa shape index (κ2) is 9.47. The third-order valence-corrected chi connectivity index (χ3v) is 6.52. The molecule has 1 fully saturated rings. The molecular formula is C24H19Cl2N3O3S. The molecule has 9 heteroatoms. The van der Waals surface area contributed by atoms with Crippen molar-refractivity contribution < 1.29 is 14.4 Å². The molecule has 1 saturated heterocycles. The van der Waals surface area contributed by atoms with E-state index in [4.69, 9.17) is 23.2 Å². The molecule has 33 heavy (non-hydrogen) atoms. The highest BCUT2D eigenvalue weighted by atomic mass is 35.5. The Bertz CT molecular complexity index is 1300. The summed E-state index contributed by atoms with van der Waals surface area (Å²) >= 11 is 12.7. The Morgan fingerprint density at radius 3 is 2.45 bits per heavy atom. The van der Waals surface area contributed by atoms with Crippen molar-refractivity contribution >= 4 is 63.8 Å². The van der Waals surface area contributed by atoms with Crippen LogP contribution >= 0.6 is 35.0 Å². The summed E-state index contributed by atoms with van der Waals surface area (Å²) in [6, 6.07) is 16.0. The predicted octanol–water partition coefficient (Wildman–Crippen LogP) is 6.08. The molecule has 1 aliphatic rings. The van der Waals surface area contributed by atoms with Crippen molar-refractivity contribution in [2.45, 2.75) is 13.8 Å². The number of nitrogens with one attached hydrogen (secondary N) is 1. The van der Waals surface area contributed by atoms with E-state index in [1.807, 2.05) is 48.7 Å². The Labute approximate surface area is 205 Å². The second-order valence-electron chi connectivity index (χ2n) is 7.46. The highest BCUT2D eigenvalue weighted by Crippen LogP contribution is 2.34. The molecule has 3 aromatic rings. The number of carbonyl (C=O) groups excluding carboxylic acids is 3. The smallest absolute Gasteiger partial charge is 0.294 e. The molecule has 0 unspecified atom stereocenters. The molecule has 1 aromatic heterocycles. The van der Waals surface area contributed by atoms with E-state index in [9.17, 15) is 14.4 Å². The Kier molecular flexibility index (Phi) is 6.65. The Morgan fingerprint density at radius 2 is 1.76 bits per heavy atom. The molecule has 2 aromatic carbocycles. The normalized spacial score (nSPS) is 14.9. The molecule has 6 nitrogen and oxygen atoms in total. The van der Waals surface area contributed by atoms with E-state index in [2.05, 4.69) is 5.32 Å². The van der Waals surface area contributed by atoms with Gasteiger partial charge in [-0.2, -0.15) is 0 Å². The van der Waals surface area contributed by atoms with Gasteiger partial charge in [0.15, 0.2) is 0 Å². The topological polar surface area (TPSA) is 71.4 Å². The second-order valence-corrected chi connectivity index (χ2v) is 9.33. The zero-order chi connectivity index (χ0) is 23.7.